The number of halogens is 1. The first-order chi connectivity index (χ1) is 13.2. The predicted octanol–water partition coefficient (Wildman–Crippen LogP) is 3.11. The second kappa shape index (κ2) is 9.05. The van der Waals surface area contributed by atoms with Gasteiger partial charge in [-0.25, -0.2) is 5.43 Å². The normalized spacial score (nSPS) is 10.7. The summed E-state index contributed by atoms with van der Waals surface area (Å²) in [6, 6.07) is 5.92. The maximum atomic E-state index is 11.9. The fourth-order valence-corrected chi connectivity index (χ4v) is 2.52. The number of aromatic hydroxyl groups is 1. The molecule has 0 aliphatic heterocycles. The van der Waals surface area contributed by atoms with Crippen molar-refractivity contribution in [1.29, 1.82) is 0 Å². The Labute approximate surface area is 165 Å². The van der Waals surface area contributed by atoms with Gasteiger partial charge in [-0.1, -0.05) is 11.6 Å². The fraction of sp³-hybridized carbons (Fsp3) is 0.222. The Balaban J connectivity index is 2.03. The van der Waals surface area contributed by atoms with Gasteiger partial charge in [-0.3, -0.25) is 14.9 Å². The number of hydrogen-bond donors (Lipinski definition) is 2. The van der Waals surface area contributed by atoms with E-state index in [0.29, 0.717) is 10.8 Å². The van der Waals surface area contributed by atoms with Crippen molar-refractivity contribution in [3.63, 3.8) is 0 Å². The summed E-state index contributed by atoms with van der Waals surface area (Å²) in [6.07, 6.45) is 1.08. The zero-order valence-corrected chi connectivity index (χ0v) is 16.1. The first-order valence-corrected chi connectivity index (χ1v) is 8.38. The van der Waals surface area contributed by atoms with Crippen LogP contribution in [-0.4, -0.2) is 35.9 Å². The molecule has 0 aromatic heterocycles. The van der Waals surface area contributed by atoms with Crippen molar-refractivity contribution in [1.82, 2.24) is 5.43 Å². The number of phenolic OH excluding ortho intramolecular Hbond substituents is 1. The Hall–Kier alpha value is -3.33. The number of amides is 1. The van der Waals surface area contributed by atoms with Gasteiger partial charge in [0.15, 0.2) is 12.4 Å². The molecule has 0 spiro atoms. The number of nitro benzene ring substituents is 1. The minimum atomic E-state index is -0.712. The molecule has 2 aromatic rings. The van der Waals surface area contributed by atoms with E-state index in [-0.39, 0.29) is 23.7 Å². The molecule has 9 nitrogen and oxygen atoms in total. The molecule has 2 rings (SSSR count). The molecule has 148 valence electrons. The second-order valence-corrected chi connectivity index (χ2v) is 6.14. The third-order valence-electron chi connectivity index (χ3n) is 3.70. The van der Waals surface area contributed by atoms with E-state index in [1.165, 1.54) is 19.2 Å². The zero-order valence-electron chi connectivity index (χ0n) is 15.4. The minimum absolute atomic E-state index is 0.0461. The van der Waals surface area contributed by atoms with Gasteiger partial charge in [-0.15, -0.1) is 0 Å². The lowest BCUT2D eigenvalue weighted by Gasteiger charge is -2.09. The van der Waals surface area contributed by atoms with Crippen molar-refractivity contribution in [2.24, 2.45) is 5.10 Å². The number of benzene rings is 2. The number of carbonyl (C=O) groups is 1. The molecule has 1 amide bonds. The van der Waals surface area contributed by atoms with E-state index in [0.717, 1.165) is 17.3 Å². The molecular formula is C18H18ClN3O6. The smallest absolute Gasteiger partial charge is 0.323 e. The Morgan fingerprint density at radius 2 is 2.00 bits per heavy atom. The number of hydrazone groups is 1. The average Bonchev–Trinajstić information content (AvgIpc) is 2.64. The number of ether oxygens (including phenoxy) is 2. The van der Waals surface area contributed by atoms with Gasteiger partial charge in [0.05, 0.1) is 23.8 Å². The predicted molar refractivity (Wildman–Crippen MR) is 103 cm³/mol. The number of methoxy groups -OCH3 is 1. The van der Waals surface area contributed by atoms with Crippen LogP contribution in [-0.2, 0) is 4.79 Å². The molecule has 0 radical (unpaired) electrons. The van der Waals surface area contributed by atoms with Gasteiger partial charge in [-0.05, 0) is 49.2 Å². The maximum Gasteiger partial charge on any atom is 0.323 e. The summed E-state index contributed by atoms with van der Waals surface area (Å²) >= 11 is 6.08. The highest BCUT2D eigenvalue weighted by Crippen LogP contribution is 2.37. The first kappa shape index (κ1) is 21.0. The van der Waals surface area contributed by atoms with Crippen LogP contribution < -0.4 is 14.9 Å². The third-order valence-corrected chi connectivity index (χ3v) is 4.30. The Kier molecular flexibility index (Phi) is 6.78. The quantitative estimate of drug-likeness (QED) is 0.413. The minimum Gasteiger partial charge on any atom is -0.504 e. The van der Waals surface area contributed by atoms with Gasteiger partial charge < -0.3 is 14.6 Å². The lowest BCUT2D eigenvalue weighted by atomic mass is 10.1. The number of nitrogens with zero attached hydrogens (tertiary/aromatic N) is 2. The molecule has 10 heteroatoms. The van der Waals surface area contributed by atoms with E-state index < -0.39 is 16.5 Å². The van der Waals surface area contributed by atoms with Gasteiger partial charge in [0.1, 0.15) is 5.75 Å². The lowest BCUT2D eigenvalue weighted by molar-refractivity contribution is -0.386. The maximum absolute atomic E-state index is 11.9. The van der Waals surface area contributed by atoms with Gasteiger partial charge in [0, 0.05) is 5.02 Å². The fourth-order valence-electron chi connectivity index (χ4n) is 2.41. The molecule has 0 aliphatic carbocycles. The Morgan fingerprint density at radius 1 is 1.36 bits per heavy atom. The van der Waals surface area contributed by atoms with Crippen molar-refractivity contribution in [2.75, 3.05) is 13.7 Å². The van der Waals surface area contributed by atoms with Crippen LogP contribution in [0.25, 0.3) is 0 Å². The number of rotatable bonds is 7. The van der Waals surface area contributed by atoms with Crippen LogP contribution in [0.15, 0.2) is 29.4 Å². The molecule has 0 unspecified atom stereocenters. The molecule has 0 aliphatic rings. The largest absolute Gasteiger partial charge is 0.504 e. The number of nitro groups is 1. The molecule has 0 saturated carbocycles. The van der Waals surface area contributed by atoms with Crippen molar-refractivity contribution in [3.8, 4) is 17.2 Å². The van der Waals surface area contributed by atoms with Crippen LogP contribution in [0, 0.1) is 24.0 Å². The van der Waals surface area contributed by atoms with Crippen molar-refractivity contribution >= 4 is 29.4 Å². The number of phenols is 1. The van der Waals surface area contributed by atoms with E-state index >= 15 is 0 Å². The summed E-state index contributed by atoms with van der Waals surface area (Å²) < 4.78 is 10.2. The van der Waals surface area contributed by atoms with Crippen molar-refractivity contribution < 1.29 is 24.3 Å². The van der Waals surface area contributed by atoms with Crippen LogP contribution in [0.3, 0.4) is 0 Å². The van der Waals surface area contributed by atoms with Crippen LogP contribution in [0.2, 0.25) is 5.02 Å². The lowest BCUT2D eigenvalue weighted by Crippen LogP contribution is -2.24. The van der Waals surface area contributed by atoms with Gasteiger partial charge in [0.2, 0.25) is 5.75 Å². The van der Waals surface area contributed by atoms with E-state index in [2.05, 4.69) is 10.5 Å². The highest BCUT2D eigenvalue weighted by atomic mass is 35.5. The molecule has 0 heterocycles. The van der Waals surface area contributed by atoms with Crippen molar-refractivity contribution in [2.45, 2.75) is 13.8 Å². The van der Waals surface area contributed by atoms with Crippen molar-refractivity contribution in [3.05, 3.63) is 56.1 Å². The number of carbonyl (C=O) groups excluding carboxylic acids is 1. The summed E-state index contributed by atoms with van der Waals surface area (Å²) in [5.41, 5.74) is 3.44. The molecule has 0 atom stereocenters. The molecule has 28 heavy (non-hydrogen) atoms. The third kappa shape index (κ3) is 4.89. The van der Waals surface area contributed by atoms with E-state index in [1.807, 2.05) is 13.8 Å². The zero-order chi connectivity index (χ0) is 20.8. The number of hydrogen-bond acceptors (Lipinski definition) is 7. The monoisotopic (exact) mass is 407 g/mol. The molecule has 0 fully saturated rings. The van der Waals surface area contributed by atoms with Crippen LogP contribution in [0.5, 0.6) is 17.2 Å². The Bertz CT molecular complexity index is 922. The highest BCUT2D eigenvalue weighted by Gasteiger charge is 2.23. The van der Waals surface area contributed by atoms with Crippen LogP contribution in [0.4, 0.5) is 5.69 Å². The summed E-state index contributed by atoms with van der Waals surface area (Å²) in [5, 5.41) is 25.2. The van der Waals surface area contributed by atoms with E-state index in [9.17, 15) is 20.0 Å². The molecular weight excluding hydrogens is 390 g/mol. The topological polar surface area (TPSA) is 123 Å². The molecule has 2 aromatic carbocycles. The molecule has 2 N–H and O–H groups in total. The van der Waals surface area contributed by atoms with E-state index in [4.69, 9.17) is 21.1 Å². The first-order valence-electron chi connectivity index (χ1n) is 8.00. The van der Waals surface area contributed by atoms with Gasteiger partial charge >= 0.3 is 5.69 Å². The number of nitrogens with one attached hydrogen (secondary N) is 1. The standard InChI is InChI=1S/C18H18ClN3O6/c1-10-6-13(7-11(2)16(10)19)28-9-15(24)21-20-8-12-4-5-14(23)18(27-3)17(12)22(25)26/h4-8,23H,9H2,1-3H3,(H,21,24)/b20-8+. The summed E-state index contributed by atoms with van der Waals surface area (Å²) in [6.45, 7) is 3.34. The second-order valence-electron chi connectivity index (χ2n) is 5.77. The van der Waals surface area contributed by atoms with Crippen LogP contribution >= 0.6 is 11.6 Å². The number of aryl methyl sites for hydroxylation is 2. The average molecular weight is 408 g/mol. The SMILES string of the molecule is COc1c(O)ccc(/C=N/NC(=O)COc2cc(C)c(Cl)c(C)c2)c1[N+](=O)[O-]. The summed E-state index contributed by atoms with van der Waals surface area (Å²) in [4.78, 5) is 22.4. The highest BCUT2D eigenvalue weighted by molar-refractivity contribution is 6.32. The summed E-state index contributed by atoms with van der Waals surface area (Å²) in [5.74, 6) is -0.748. The van der Waals surface area contributed by atoms with Crippen LogP contribution in [0.1, 0.15) is 16.7 Å². The Morgan fingerprint density at radius 3 is 2.57 bits per heavy atom. The van der Waals surface area contributed by atoms with Gasteiger partial charge in [0.25, 0.3) is 5.91 Å². The van der Waals surface area contributed by atoms with Gasteiger partial charge in [-0.2, -0.15) is 5.10 Å². The summed E-state index contributed by atoms with van der Waals surface area (Å²) in [7, 11) is 1.20. The molecule has 0 bridgehead atoms. The molecule has 0 saturated heterocycles. The van der Waals surface area contributed by atoms with E-state index in [1.54, 1.807) is 12.1 Å².